The van der Waals surface area contributed by atoms with Crippen LogP contribution >= 0.6 is 0 Å². The van der Waals surface area contributed by atoms with Crippen molar-refractivity contribution in [2.45, 2.75) is 13.8 Å². The number of hydrogen-bond donors (Lipinski definition) is 0. The molecule has 0 bridgehead atoms. The Labute approximate surface area is 271 Å². The quantitative estimate of drug-likeness (QED) is 0.140. The molecule has 0 atom stereocenters. The van der Waals surface area contributed by atoms with Gasteiger partial charge in [0.05, 0.1) is 22.7 Å². The van der Waals surface area contributed by atoms with E-state index in [9.17, 15) is 17.6 Å². The zero-order valence-electron chi connectivity index (χ0n) is 25.5. The lowest BCUT2D eigenvalue weighted by Crippen LogP contribution is -2.76. The number of rotatable bonds is 4. The van der Waals surface area contributed by atoms with Crippen LogP contribution in [0.2, 0.25) is 0 Å². The van der Waals surface area contributed by atoms with Gasteiger partial charge in [-0.25, -0.2) is 17.6 Å². The summed E-state index contributed by atoms with van der Waals surface area (Å²) in [6.07, 6.45) is 0. The van der Waals surface area contributed by atoms with Crippen LogP contribution in [0.15, 0.2) is 133 Å². The molecule has 6 aromatic carbocycles. The van der Waals surface area contributed by atoms with Crippen LogP contribution in [0.5, 0.6) is 0 Å². The molecule has 2 aliphatic heterocycles. The largest absolute Gasteiger partial charge is 0.521 e. The normalized spacial score (nSPS) is 14.6. The first-order valence-corrected chi connectivity index (χ1v) is 17.0. The second-order valence-corrected chi connectivity index (χ2v) is 14.8. The molecule has 0 saturated heterocycles. The van der Waals surface area contributed by atoms with Crippen LogP contribution in [-0.2, 0) is 0 Å². The third-order valence-electron chi connectivity index (χ3n) is 8.98. The molecule has 2 aliphatic rings. The van der Waals surface area contributed by atoms with Gasteiger partial charge in [-0.3, -0.25) is 0 Å². The summed E-state index contributed by atoms with van der Waals surface area (Å²) >= 11 is 0. The van der Waals surface area contributed by atoms with Crippen molar-refractivity contribution >= 4 is 54.2 Å². The summed E-state index contributed by atoms with van der Waals surface area (Å²) in [6, 6.07) is 37.7. The Bertz CT molecular complexity index is 1970. The van der Waals surface area contributed by atoms with E-state index in [4.69, 9.17) is 0 Å². The van der Waals surface area contributed by atoms with E-state index in [2.05, 4.69) is 30.4 Å². The van der Waals surface area contributed by atoms with E-state index in [1.807, 2.05) is 38.1 Å². The lowest BCUT2D eigenvalue weighted by molar-refractivity contribution is 0.627. The maximum absolute atomic E-state index is 14.6. The fourth-order valence-electron chi connectivity index (χ4n) is 6.84. The lowest BCUT2D eigenvalue weighted by Gasteiger charge is -2.49. The van der Waals surface area contributed by atoms with Gasteiger partial charge in [-0.1, -0.05) is 12.1 Å². The SMILES string of the molecule is Cc1cc2c(cc1C)N(c1ccc(F)cc1)[Si]1(N(c3ccc(F)cc3)c3ccccc3N1c1ccc(F)cc1)N2c1ccc(F)cc1. The first-order chi connectivity index (χ1) is 22.8. The molecule has 232 valence electrons. The summed E-state index contributed by atoms with van der Waals surface area (Å²) in [5, 5.41) is 0. The summed E-state index contributed by atoms with van der Waals surface area (Å²) in [7, 11) is -3.83. The number of hydrogen-bond acceptors (Lipinski definition) is 4. The molecule has 2 heterocycles. The second-order valence-electron chi connectivity index (χ2n) is 11.8. The van der Waals surface area contributed by atoms with Gasteiger partial charge in [-0.05, 0) is 146 Å². The summed E-state index contributed by atoms with van der Waals surface area (Å²) in [5.41, 5.74) is 8.40. The Morgan fingerprint density at radius 2 is 0.617 bits per heavy atom. The number of para-hydroxylation sites is 2. The number of fused-ring (bicyclic) bond motifs is 2. The van der Waals surface area contributed by atoms with Crippen molar-refractivity contribution in [1.29, 1.82) is 0 Å². The van der Waals surface area contributed by atoms with Gasteiger partial charge >= 0.3 is 8.72 Å². The van der Waals surface area contributed by atoms with E-state index >= 15 is 0 Å². The fraction of sp³-hybridized carbons (Fsp3) is 0.0526. The van der Waals surface area contributed by atoms with Crippen molar-refractivity contribution in [3.05, 3.63) is 168 Å². The average molecular weight is 645 g/mol. The molecule has 6 aromatic rings. The highest BCUT2D eigenvalue weighted by atomic mass is 28.4. The van der Waals surface area contributed by atoms with Gasteiger partial charge < -0.3 is 18.3 Å². The number of nitrogens with zero attached hydrogens (tertiary/aromatic N) is 4. The second kappa shape index (κ2) is 10.8. The third kappa shape index (κ3) is 4.34. The monoisotopic (exact) mass is 644 g/mol. The van der Waals surface area contributed by atoms with Gasteiger partial charge in [0.1, 0.15) is 23.3 Å². The minimum atomic E-state index is -3.83. The van der Waals surface area contributed by atoms with Gasteiger partial charge in [0, 0.05) is 22.7 Å². The number of aryl methyl sites for hydroxylation is 2. The highest BCUT2D eigenvalue weighted by molar-refractivity contribution is 6.99. The Morgan fingerprint density at radius 1 is 0.362 bits per heavy atom. The molecule has 0 unspecified atom stereocenters. The molecule has 8 rings (SSSR count). The minimum Gasteiger partial charge on any atom is -0.314 e. The van der Waals surface area contributed by atoms with Crippen molar-refractivity contribution in [3.63, 3.8) is 0 Å². The smallest absolute Gasteiger partial charge is 0.314 e. The maximum Gasteiger partial charge on any atom is 0.521 e. The van der Waals surface area contributed by atoms with Crippen LogP contribution in [0.3, 0.4) is 0 Å². The van der Waals surface area contributed by atoms with Gasteiger partial charge in [0.15, 0.2) is 0 Å². The van der Waals surface area contributed by atoms with Gasteiger partial charge in [0.2, 0.25) is 0 Å². The molecule has 4 nitrogen and oxygen atoms in total. The van der Waals surface area contributed by atoms with Crippen LogP contribution in [0.25, 0.3) is 0 Å². The molecule has 0 aliphatic carbocycles. The average Bonchev–Trinajstić information content (AvgIpc) is 3.51. The maximum atomic E-state index is 14.6. The summed E-state index contributed by atoms with van der Waals surface area (Å²) < 4.78 is 67.2. The van der Waals surface area contributed by atoms with E-state index in [0.29, 0.717) is 0 Å². The third-order valence-corrected chi connectivity index (χ3v) is 13.4. The molecular weight excluding hydrogens is 617 g/mol. The van der Waals surface area contributed by atoms with Gasteiger partial charge in [-0.2, -0.15) is 0 Å². The Morgan fingerprint density at radius 3 is 0.894 bits per heavy atom. The van der Waals surface area contributed by atoms with Crippen molar-refractivity contribution in [3.8, 4) is 0 Å². The molecular formula is C38H28F4N4Si. The standard InChI is InChI=1S/C38H28F4N4Si/c1-25-23-37-38(24-26(25)2)46(34-21-13-30(42)14-22-34)47(45(37)33-19-11-29(41)12-20-33)43(31-15-7-27(39)8-16-31)35-5-3-4-6-36(35)44(47)32-17-9-28(40)10-18-32/h3-24H,1-2H3. The zero-order chi connectivity index (χ0) is 32.4. The zero-order valence-corrected chi connectivity index (χ0v) is 26.5. The van der Waals surface area contributed by atoms with Crippen LogP contribution in [0, 0.1) is 37.1 Å². The first kappa shape index (κ1) is 28.9. The van der Waals surface area contributed by atoms with Crippen molar-refractivity contribution < 1.29 is 17.6 Å². The molecule has 0 fully saturated rings. The molecule has 1 spiro atoms. The highest BCUT2D eigenvalue weighted by Crippen LogP contribution is 2.62. The number of benzene rings is 6. The van der Waals surface area contributed by atoms with Crippen LogP contribution in [-0.4, -0.2) is 8.72 Å². The predicted octanol–water partition coefficient (Wildman–Crippen LogP) is 10.6. The topological polar surface area (TPSA) is 13.0 Å². The van der Waals surface area contributed by atoms with E-state index < -0.39 is 8.72 Å². The Balaban J connectivity index is 1.57. The van der Waals surface area contributed by atoms with Crippen molar-refractivity contribution in [1.82, 2.24) is 0 Å². The molecule has 0 saturated carbocycles. The highest BCUT2D eigenvalue weighted by Gasteiger charge is 2.69. The van der Waals surface area contributed by atoms with E-state index in [0.717, 1.165) is 56.6 Å². The molecule has 0 aromatic heterocycles. The fourth-order valence-corrected chi connectivity index (χ4v) is 12.1. The van der Waals surface area contributed by atoms with E-state index in [-0.39, 0.29) is 23.3 Å². The summed E-state index contributed by atoms with van der Waals surface area (Å²) in [4.78, 5) is 0. The summed E-state index contributed by atoms with van der Waals surface area (Å²) in [5.74, 6) is -1.50. The Hall–Kier alpha value is -5.54. The molecule has 9 heteroatoms. The summed E-state index contributed by atoms with van der Waals surface area (Å²) in [6.45, 7) is 4.10. The van der Waals surface area contributed by atoms with Crippen LogP contribution in [0.1, 0.15) is 11.1 Å². The number of anilines is 8. The molecule has 0 N–H and O–H groups in total. The molecule has 47 heavy (non-hydrogen) atoms. The Kier molecular flexibility index (Phi) is 6.62. The van der Waals surface area contributed by atoms with Crippen LogP contribution < -0.4 is 18.3 Å². The van der Waals surface area contributed by atoms with E-state index in [1.165, 1.54) is 48.5 Å². The van der Waals surface area contributed by atoms with Crippen LogP contribution in [0.4, 0.5) is 63.1 Å². The van der Waals surface area contributed by atoms with Gasteiger partial charge in [0.25, 0.3) is 0 Å². The predicted molar refractivity (Wildman–Crippen MR) is 182 cm³/mol. The van der Waals surface area contributed by atoms with E-state index in [1.54, 1.807) is 48.5 Å². The van der Waals surface area contributed by atoms with Crippen molar-refractivity contribution in [2.24, 2.45) is 0 Å². The van der Waals surface area contributed by atoms with Gasteiger partial charge in [-0.15, -0.1) is 0 Å². The molecule has 0 radical (unpaired) electrons. The first-order valence-electron chi connectivity index (χ1n) is 15.2. The number of halogens is 4. The minimum absolute atomic E-state index is 0.375. The lowest BCUT2D eigenvalue weighted by atomic mass is 10.1. The van der Waals surface area contributed by atoms with Crippen molar-refractivity contribution in [2.75, 3.05) is 18.3 Å². The molecule has 0 amide bonds.